The van der Waals surface area contributed by atoms with Gasteiger partial charge < -0.3 is 15.8 Å². The summed E-state index contributed by atoms with van der Waals surface area (Å²) in [5, 5.41) is 2.79. The van der Waals surface area contributed by atoms with E-state index in [-0.39, 0.29) is 10.9 Å². The first-order valence-corrected chi connectivity index (χ1v) is 6.63. The standard InChI is InChI=1S/C14H20N2O2S/c1-4-8-18-11-7-5-6-10(9-11)12(17)16-14(2,3)13(15)19/h5-7,9H,4,8H2,1-3H3,(H2,15,19)(H,16,17). The van der Waals surface area contributed by atoms with Gasteiger partial charge in [-0.05, 0) is 38.5 Å². The van der Waals surface area contributed by atoms with E-state index in [1.807, 2.05) is 13.0 Å². The highest BCUT2D eigenvalue weighted by Crippen LogP contribution is 2.14. The Morgan fingerprint density at radius 3 is 2.74 bits per heavy atom. The number of nitrogens with one attached hydrogen (secondary N) is 1. The van der Waals surface area contributed by atoms with Gasteiger partial charge in [-0.3, -0.25) is 4.79 Å². The third-order valence-corrected chi connectivity index (χ3v) is 3.12. The summed E-state index contributed by atoms with van der Waals surface area (Å²) in [5.41, 5.74) is 5.39. The van der Waals surface area contributed by atoms with Gasteiger partial charge in [0.1, 0.15) is 5.75 Å². The van der Waals surface area contributed by atoms with E-state index in [0.717, 1.165) is 6.42 Å². The van der Waals surface area contributed by atoms with Crippen LogP contribution in [0.4, 0.5) is 0 Å². The second-order valence-corrected chi connectivity index (χ2v) is 5.26. The van der Waals surface area contributed by atoms with E-state index in [1.54, 1.807) is 32.0 Å². The molecule has 1 amide bonds. The van der Waals surface area contributed by atoms with Gasteiger partial charge in [0.15, 0.2) is 0 Å². The molecule has 3 N–H and O–H groups in total. The lowest BCUT2D eigenvalue weighted by Crippen LogP contribution is -2.52. The predicted octanol–water partition coefficient (Wildman–Crippen LogP) is 2.27. The quantitative estimate of drug-likeness (QED) is 0.785. The second kappa shape index (κ2) is 6.52. The van der Waals surface area contributed by atoms with Crippen molar-refractivity contribution < 1.29 is 9.53 Å². The molecule has 1 rings (SSSR count). The van der Waals surface area contributed by atoms with Gasteiger partial charge in [0, 0.05) is 5.56 Å². The minimum Gasteiger partial charge on any atom is -0.494 e. The third-order valence-electron chi connectivity index (χ3n) is 2.61. The number of rotatable bonds is 6. The van der Waals surface area contributed by atoms with Gasteiger partial charge >= 0.3 is 0 Å². The van der Waals surface area contributed by atoms with Gasteiger partial charge in [0.25, 0.3) is 5.91 Å². The maximum absolute atomic E-state index is 12.1. The third kappa shape index (κ3) is 4.52. The topological polar surface area (TPSA) is 64.3 Å². The lowest BCUT2D eigenvalue weighted by atomic mass is 10.0. The van der Waals surface area contributed by atoms with Crippen molar-refractivity contribution in [2.45, 2.75) is 32.7 Å². The Balaban J connectivity index is 2.80. The van der Waals surface area contributed by atoms with Gasteiger partial charge in [-0.2, -0.15) is 0 Å². The summed E-state index contributed by atoms with van der Waals surface area (Å²) in [6, 6.07) is 7.04. The summed E-state index contributed by atoms with van der Waals surface area (Å²) < 4.78 is 5.49. The van der Waals surface area contributed by atoms with Crippen LogP contribution in [0, 0.1) is 0 Å². The summed E-state index contributed by atoms with van der Waals surface area (Å²) >= 11 is 4.92. The van der Waals surface area contributed by atoms with Crippen molar-refractivity contribution in [3.8, 4) is 5.75 Å². The largest absolute Gasteiger partial charge is 0.494 e. The number of amides is 1. The fourth-order valence-corrected chi connectivity index (χ4v) is 1.42. The normalized spacial score (nSPS) is 10.9. The SMILES string of the molecule is CCCOc1cccc(C(=O)NC(C)(C)C(N)=S)c1. The average molecular weight is 280 g/mol. The Hall–Kier alpha value is -1.62. The lowest BCUT2D eigenvalue weighted by molar-refractivity contribution is 0.0931. The molecule has 5 heteroatoms. The van der Waals surface area contributed by atoms with Crippen LogP contribution in [0.2, 0.25) is 0 Å². The first kappa shape index (κ1) is 15.4. The van der Waals surface area contributed by atoms with Crippen molar-refractivity contribution in [2.75, 3.05) is 6.61 Å². The summed E-state index contributed by atoms with van der Waals surface area (Å²) in [7, 11) is 0. The molecule has 0 aliphatic heterocycles. The zero-order valence-electron chi connectivity index (χ0n) is 11.5. The van der Waals surface area contributed by atoms with Gasteiger partial charge in [0.05, 0.1) is 17.1 Å². The van der Waals surface area contributed by atoms with Crippen LogP contribution in [0.5, 0.6) is 5.75 Å². The van der Waals surface area contributed by atoms with E-state index in [4.69, 9.17) is 22.7 Å². The molecule has 0 bridgehead atoms. The molecule has 4 nitrogen and oxygen atoms in total. The van der Waals surface area contributed by atoms with Crippen LogP contribution in [0.3, 0.4) is 0 Å². The molecule has 104 valence electrons. The predicted molar refractivity (Wildman–Crippen MR) is 80.6 cm³/mol. The Bertz CT molecular complexity index is 472. The Labute approximate surface area is 119 Å². The number of hydrogen-bond acceptors (Lipinski definition) is 3. The van der Waals surface area contributed by atoms with E-state index in [2.05, 4.69) is 5.32 Å². The molecular weight excluding hydrogens is 260 g/mol. The van der Waals surface area contributed by atoms with Crippen molar-refractivity contribution in [3.05, 3.63) is 29.8 Å². The van der Waals surface area contributed by atoms with E-state index >= 15 is 0 Å². The van der Waals surface area contributed by atoms with E-state index in [0.29, 0.717) is 17.9 Å². The fraction of sp³-hybridized carbons (Fsp3) is 0.429. The molecule has 0 fully saturated rings. The average Bonchev–Trinajstić information content (AvgIpc) is 2.36. The highest BCUT2D eigenvalue weighted by atomic mass is 32.1. The Morgan fingerprint density at radius 2 is 2.16 bits per heavy atom. The molecule has 0 heterocycles. The van der Waals surface area contributed by atoms with E-state index in [9.17, 15) is 4.79 Å². The van der Waals surface area contributed by atoms with Crippen molar-refractivity contribution in [2.24, 2.45) is 5.73 Å². The minimum absolute atomic E-state index is 0.222. The molecule has 0 spiro atoms. The van der Waals surface area contributed by atoms with Crippen LogP contribution in [-0.4, -0.2) is 23.0 Å². The number of nitrogens with two attached hydrogens (primary N) is 1. The molecule has 1 aromatic carbocycles. The lowest BCUT2D eigenvalue weighted by Gasteiger charge is -2.24. The summed E-state index contributed by atoms with van der Waals surface area (Å²) in [4.78, 5) is 12.4. The summed E-state index contributed by atoms with van der Waals surface area (Å²) in [6.45, 7) is 6.19. The number of carbonyl (C=O) groups is 1. The molecule has 0 atom stereocenters. The highest BCUT2D eigenvalue weighted by Gasteiger charge is 2.24. The summed E-state index contributed by atoms with van der Waals surface area (Å²) in [6.07, 6.45) is 0.922. The van der Waals surface area contributed by atoms with Gasteiger partial charge in [-0.15, -0.1) is 0 Å². The Morgan fingerprint density at radius 1 is 1.47 bits per heavy atom. The Kier molecular flexibility index (Phi) is 5.30. The molecular formula is C14H20N2O2S. The van der Waals surface area contributed by atoms with Crippen LogP contribution in [0.15, 0.2) is 24.3 Å². The molecule has 0 saturated heterocycles. The van der Waals surface area contributed by atoms with Crippen LogP contribution in [-0.2, 0) is 0 Å². The minimum atomic E-state index is -0.716. The first-order chi connectivity index (χ1) is 8.86. The smallest absolute Gasteiger partial charge is 0.252 e. The highest BCUT2D eigenvalue weighted by molar-refractivity contribution is 7.80. The van der Waals surface area contributed by atoms with Gasteiger partial charge in [0.2, 0.25) is 0 Å². The van der Waals surface area contributed by atoms with E-state index < -0.39 is 5.54 Å². The van der Waals surface area contributed by atoms with Crippen molar-refractivity contribution >= 4 is 23.1 Å². The van der Waals surface area contributed by atoms with E-state index in [1.165, 1.54) is 0 Å². The monoisotopic (exact) mass is 280 g/mol. The van der Waals surface area contributed by atoms with Crippen LogP contribution in [0.25, 0.3) is 0 Å². The number of ether oxygens (including phenoxy) is 1. The number of thiocarbonyl (C=S) groups is 1. The van der Waals surface area contributed by atoms with Crippen LogP contribution < -0.4 is 15.8 Å². The molecule has 0 unspecified atom stereocenters. The fourth-order valence-electron chi connectivity index (χ4n) is 1.36. The second-order valence-electron chi connectivity index (χ2n) is 4.82. The van der Waals surface area contributed by atoms with Gasteiger partial charge in [-0.25, -0.2) is 0 Å². The van der Waals surface area contributed by atoms with Gasteiger partial charge in [-0.1, -0.05) is 25.2 Å². The zero-order valence-corrected chi connectivity index (χ0v) is 12.3. The molecule has 0 saturated carbocycles. The number of hydrogen-bond donors (Lipinski definition) is 2. The first-order valence-electron chi connectivity index (χ1n) is 6.22. The van der Waals surface area contributed by atoms with Crippen molar-refractivity contribution in [1.29, 1.82) is 0 Å². The molecule has 0 aliphatic rings. The molecule has 0 aromatic heterocycles. The molecule has 1 aromatic rings. The zero-order chi connectivity index (χ0) is 14.5. The van der Waals surface area contributed by atoms with Crippen LogP contribution >= 0.6 is 12.2 Å². The van der Waals surface area contributed by atoms with Crippen molar-refractivity contribution in [3.63, 3.8) is 0 Å². The number of benzene rings is 1. The maximum Gasteiger partial charge on any atom is 0.252 e. The van der Waals surface area contributed by atoms with Crippen molar-refractivity contribution in [1.82, 2.24) is 5.32 Å². The molecule has 0 aliphatic carbocycles. The molecule has 19 heavy (non-hydrogen) atoms. The number of carbonyl (C=O) groups excluding carboxylic acids is 1. The molecule has 0 radical (unpaired) electrons. The summed E-state index contributed by atoms with van der Waals surface area (Å²) in [5.74, 6) is 0.461. The maximum atomic E-state index is 12.1. The van der Waals surface area contributed by atoms with Crippen LogP contribution in [0.1, 0.15) is 37.6 Å².